The summed E-state index contributed by atoms with van der Waals surface area (Å²) >= 11 is 0. The van der Waals surface area contributed by atoms with Gasteiger partial charge in [0.05, 0.1) is 24.2 Å². The summed E-state index contributed by atoms with van der Waals surface area (Å²) in [6.07, 6.45) is 4.48. The summed E-state index contributed by atoms with van der Waals surface area (Å²) in [6, 6.07) is 13.6. The lowest BCUT2D eigenvalue weighted by Crippen LogP contribution is -2.38. The first-order chi connectivity index (χ1) is 20.8. The Morgan fingerprint density at radius 2 is 1.88 bits per heavy atom. The van der Waals surface area contributed by atoms with Gasteiger partial charge in [0, 0.05) is 43.2 Å². The Morgan fingerprint density at radius 3 is 2.60 bits per heavy atom. The van der Waals surface area contributed by atoms with Crippen molar-refractivity contribution < 1.29 is 14.3 Å². The lowest BCUT2D eigenvalue weighted by molar-refractivity contribution is -0.127. The predicted octanol–water partition coefficient (Wildman–Crippen LogP) is 5.24. The number of methoxy groups -OCH3 is 1. The van der Waals surface area contributed by atoms with Crippen LogP contribution in [0.2, 0.25) is 0 Å². The number of anilines is 1. The highest BCUT2D eigenvalue weighted by Crippen LogP contribution is 2.44. The van der Waals surface area contributed by atoms with Crippen molar-refractivity contribution in [3.8, 4) is 39.9 Å². The van der Waals surface area contributed by atoms with Crippen LogP contribution in [-0.2, 0) is 11.8 Å². The molecule has 1 aliphatic heterocycles. The topological polar surface area (TPSA) is 126 Å². The smallest absolute Gasteiger partial charge is 0.245 e. The van der Waals surface area contributed by atoms with Gasteiger partial charge in [-0.2, -0.15) is 5.10 Å². The first kappa shape index (κ1) is 28.0. The number of ether oxygens (including phenoxy) is 2. The summed E-state index contributed by atoms with van der Waals surface area (Å²) in [4.78, 5) is 27.3. The molecule has 0 atom stereocenters. The lowest BCUT2D eigenvalue weighted by atomic mass is 10.0. The van der Waals surface area contributed by atoms with Crippen molar-refractivity contribution >= 4 is 22.8 Å². The van der Waals surface area contributed by atoms with E-state index >= 15 is 0 Å². The Kier molecular flexibility index (Phi) is 7.31. The molecule has 0 saturated carbocycles. The largest absolute Gasteiger partial charge is 0.493 e. The first-order valence-corrected chi connectivity index (χ1v) is 14.2. The maximum absolute atomic E-state index is 12.1. The highest BCUT2D eigenvalue weighted by molar-refractivity contribution is 6.07. The molecule has 1 aliphatic rings. The number of pyridine rings is 1. The Bertz CT molecular complexity index is 1850. The number of nitrogen functional groups attached to an aromatic ring is 1. The summed E-state index contributed by atoms with van der Waals surface area (Å²) in [6.45, 7) is 8.93. The number of nitrogens with two attached hydrogens (primary N) is 1. The average molecular weight is 579 g/mol. The van der Waals surface area contributed by atoms with Gasteiger partial charge in [-0.15, -0.1) is 0 Å². The second kappa shape index (κ2) is 11.2. The number of hydrogen-bond donors (Lipinski definition) is 1. The fourth-order valence-electron chi connectivity index (χ4n) is 5.88. The molecule has 5 aromatic rings. The second-order valence-electron chi connectivity index (χ2n) is 10.7. The monoisotopic (exact) mass is 578 g/mol. The number of benzene rings is 1. The number of nitrogens with zero attached hydrogens (tertiary/aromatic N) is 7. The number of piperidine rings is 1. The number of carbonyl (C=O) groups excluding carboxylic acids is 1. The van der Waals surface area contributed by atoms with E-state index in [9.17, 15) is 4.79 Å². The standard InChI is InChI=1S/C32H34N8O3/c1-6-27(41)39-14-12-22(13-15-39)40-20(3)16-23(37-40)30-28(29-31(33)34-18-35-32(29)38(30)4)21-10-11-24(25(17-21)42-5)43-26-9-7-8-19(2)36-26/h6-11,16-18,22H,1,12-15H2,2-5H3,(H2,33,34,35). The van der Waals surface area contributed by atoms with Crippen molar-refractivity contribution in [3.05, 3.63) is 72.8 Å². The van der Waals surface area contributed by atoms with Crippen molar-refractivity contribution in [1.29, 1.82) is 0 Å². The van der Waals surface area contributed by atoms with Crippen LogP contribution in [0.15, 0.2) is 61.4 Å². The molecule has 0 radical (unpaired) electrons. The molecule has 2 N–H and O–H groups in total. The van der Waals surface area contributed by atoms with Gasteiger partial charge in [-0.05, 0) is 62.6 Å². The van der Waals surface area contributed by atoms with Gasteiger partial charge in [-0.3, -0.25) is 9.48 Å². The van der Waals surface area contributed by atoms with Crippen LogP contribution in [0.25, 0.3) is 33.5 Å². The molecule has 4 aromatic heterocycles. The van der Waals surface area contributed by atoms with Gasteiger partial charge in [0.15, 0.2) is 11.5 Å². The first-order valence-electron chi connectivity index (χ1n) is 14.2. The minimum atomic E-state index is -0.0304. The van der Waals surface area contributed by atoms with Crippen LogP contribution in [-0.4, -0.2) is 60.3 Å². The minimum Gasteiger partial charge on any atom is -0.493 e. The number of aromatic nitrogens is 6. The number of aryl methyl sites for hydroxylation is 3. The van der Waals surface area contributed by atoms with Crippen LogP contribution in [0.5, 0.6) is 17.4 Å². The van der Waals surface area contributed by atoms with Crippen LogP contribution >= 0.6 is 0 Å². The van der Waals surface area contributed by atoms with E-state index in [1.165, 1.54) is 12.4 Å². The number of hydrogen-bond acceptors (Lipinski definition) is 8. The summed E-state index contributed by atoms with van der Waals surface area (Å²) in [7, 11) is 3.57. The number of amides is 1. The van der Waals surface area contributed by atoms with Gasteiger partial charge >= 0.3 is 0 Å². The van der Waals surface area contributed by atoms with Crippen molar-refractivity contribution in [2.75, 3.05) is 25.9 Å². The zero-order valence-corrected chi connectivity index (χ0v) is 24.7. The average Bonchev–Trinajstić information content (AvgIpc) is 3.54. The molecule has 0 aliphatic carbocycles. The van der Waals surface area contributed by atoms with E-state index in [-0.39, 0.29) is 11.9 Å². The molecule has 1 aromatic carbocycles. The SMILES string of the molecule is C=CC(=O)N1CCC(n2nc(-c3c(-c4ccc(Oc5cccc(C)n5)c(OC)c4)c4c(N)ncnc4n3C)cc2C)CC1. The number of carbonyl (C=O) groups is 1. The van der Waals surface area contributed by atoms with Crippen molar-refractivity contribution in [2.24, 2.45) is 7.05 Å². The second-order valence-corrected chi connectivity index (χ2v) is 10.7. The van der Waals surface area contributed by atoms with Crippen LogP contribution in [0.1, 0.15) is 30.3 Å². The van der Waals surface area contributed by atoms with E-state index in [0.29, 0.717) is 41.9 Å². The van der Waals surface area contributed by atoms with Gasteiger partial charge < -0.3 is 24.7 Å². The summed E-state index contributed by atoms with van der Waals surface area (Å²) < 4.78 is 15.9. The molecule has 43 heavy (non-hydrogen) atoms. The van der Waals surface area contributed by atoms with Gasteiger partial charge in [0.1, 0.15) is 23.5 Å². The number of rotatable bonds is 7. The van der Waals surface area contributed by atoms with E-state index in [4.69, 9.17) is 20.3 Å². The molecule has 0 spiro atoms. The molecule has 6 rings (SSSR count). The zero-order valence-electron chi connectivity index (χ0n) is 24.7. The van der Waals surface area contributed by atoms with E-state index in [1.807, 2.05) is 53.8 Å². The van der Waals surface area contributed by atoms with Gasteiger partial charge in [-0.25, -0.2) is 15.0 Å². The van der Waals surface area contributed by atoms with E-state index in [2.05, 4.69) is 39.2 Å². The maximum Gasteiger partial charge on any atom is 0.245 e. The third kappa shape index (κ3) is 5.07. The number of fused-ring (bicyclic) bond motifs is 1. The predicted molar refractivity (Wildman–Crippen MR) is 165 cm³/mol. The van der Waals surface area contributed by atoms with Crippen molar-refractivity contribution in [1.82, 2.24) is 34.2 Å². The van der Waals surface area contributed by atoms with E-state index < -0.39 is 0 Å². The van der Waals surface area contributed by atoms with Crippen molar-refractivity contribution in [2.45, 2.75) is 32.7 Å². The maximum atomic E-state index is 12.1. The summed E-state index contributed by atoms with van der Waals surface area (Å²) in [5.41, 5.74) is 12.4. The quantitative estimate of drug-likeness (QED) is 0.260. The van der Waals surface area contributed by atoms with Crippen LogP contribution in [0.3, 0.4) is 0 Å². The van der Waals surface area contributed by atoms with Gasteiger partial charge in [0.2, 0.25) is 11.8 Å². The Morgan fingerprint density at radius 1 is 1.09 bits per heavy atom. The third-order valence-corrected chi connectivity index (χ3v) is 7.99. The Hall–Kier alpha value is -5.19. The molecule has 1 fully saturated rings. The normalized spacial score (nSPS) is 13.8. The molecule has 5 heterocycles. The van der Waals surface area contributed by atoms with Gasteiger partial charge in [0.25, 0.3) is 0 Å². The lowest BCUT2D eigenvalue weighted by Gasteiger charge is -2.32. The van der Waals surface area contributed by atoms with E-state index in [1.54, 1.807) is 13.2 Å². The molecule has 220 valence electrons. The molecule has 11 heteroatoms. The highest BCUT2D eigenvalue weighted by atomic mass is 16.5. The van der Waals surface area contributed by atoms with Gasteiger partial charge in [-0.1, -0.05) is 18.7 Å². The third-order valence-electron chi connectivity index (χ3n) is 7.99. The molecule has 1 saturated heterocycles. The van der Waals surface area contributed by atoms with E-state index in [0.717, 1.165) is 52.1 Å². The highest BCUT2D eigenvalue weighted by Gasteiger charge is 2.28. The molecule has 11 nitrogen and oxygen atoms in total. The molecular weight excluding hydrogens is 544 g/mol. The van der Waals surface area contributed by atoms with Crippen molar-refractivity contribution in [3.63, 3.8) is 0 Å². The fraction of sp³-hybridized carbons (Fsp3) is 0.281. The fourth-order valence-corrected chi connectivity index (χ4v) is 5.88. The van der Waals surface area contributed by atoms with Crippen LogP contribution in [0.4, 0.5) is 5.82 Å². The molecule has 0 unspecified atom stereocenters. The Labute approximate surface area is 249 Å². The Balaban J connectivity index is 1.43. The summed E-state index contributed by atoms with van der Waals surface area (Å²) in [5.74, 6) is 1.91. The number of likely N-dealkylation sites (tertiary alicyclic amines) is 1. The molecule has 0 bridgehead atoms. The van der Waals surface area contributed by atoms with Crippen LogP contribution in [0, 0.1) is 13.8 Å². The summed E-state index contributed by atoms with van der Waals surface area (Å²) in [5, 5.41) is 5.84. The van der Waals surface area contributed by atoms with Crippen LogP contribution < -0.4 is 15.2 Å². The zero-order chi connectivity index (χ0) is 30.2. The molecule has 1 amide bonds. The minimum absolute atomic E-state index is 0.0304. The molecular formula is C32H34N8O3.